The highest BCUT2D eigenvalue weighted by Crippen LogP contribution is 2.66. The third-order valence-corrected chi connectivity index (χ3v) is 19.0. The summed E-state index contributed by atoms with van der Waals surface area (Å²) in [4.78, 5) is 13.1. The number of anilines is 16. The van der Waals surface area contributed by atoms with Crippen molar-refractivity contribution >= 4 is 149 Å². The van der Waals surface area contributed by atoms with Crippen LogP contribution in [0.5, 0.6) is 0 Å². The molecule has 0 radical (unpaired) electrons. The number of para-hydroxylation sites is 4. The first-order valence-electron chi connectivity index (χ1n) is 27.3. The van der Waals surface area contributed by atoms with Crippen LogP contribution in [0.3, 0.4) is 0 Å². The highest BCUT2D eigenvalue weighted by Gasteiger charge is 2.54. The predicted octanol–water partition coefficient (Wildman–Crippen LogP) is 15.0. The molecule has 0 aliphatic carbocycles. The maximum Gasteiger partial charge on any atom is 0.252 e. The van der Waals surface area contributed by atoms with Gasteiger partial charge >= 0.3 is 0 Å². The first kappa shape index (κ1) is 42.2. The molecule has 0 amide bonds. The van der Waals surface area contributed by atoms with Crippen molar-refractivity contribution in [2.45, 2.75) is 0 Å². The largest absolute Gasteiger partial charge is 0.352 e. The molecule has 1 aromatic heterocycles. The van der Waals surface area contributed by atoms with Gasteiger partial charge in [0.25, 0.3) is 13.4 Å². The minimum atomic E-state index is -0.0903. The van der Waals surface area contributed by atoms with E-state index >= 15 is 0 Å². The molecule has 7 aliphatic heterocycles. The molecule has 7 aliphatic rings. The SMILES string of the molecule is c1ccc(-c2ccc3c(c2)B2c4ccc5c6c4N(c4ccc7c(c42)N3c2ccccc2N7)c2c(-c3ccccc3)sc(-c3ccccc3)c2N6c2ccc3c4c2B5c2ccc(-c5ccccc5)cc2N4c2ccccc2N3)cc1. The number of hydrogen-bond acceptors (Lipinski definition) is 7. The second-order valence-electron chi connectivity index (χ2n) is 21.7. The highest BCUT2D eigenvalue weighted by molar-refractivity contribution is 7.20. The Kier molecular flexibility index (Phi) is 8.21. The summed E-state index contributed by atoms with van der Waals surface area (Å²) in [5.41, 5.74) is 34.0. The monoisotopic (exact) mass is 1020 g/mol. The van der Waals surface area contributed by atoms with Gasteiger partial charge in [-0.2, -0.15) is 0 Å². The maximum absolute atomic E-state index is 3.96. The lowest BCUT2D eigenvalue weighted by Crippen LogP contribution is -2.65. The third-order valence-electron chi connectivity index (χ3n) is 17.8. The van der Waals surface area contributed by atoms with Crippen LogP contribution >= 0.6 is 11.3 Å². The number of rotatable bonds is 4. The van der Waals surface area contributed by atoms with Crippen LogP contribution in [0.4, 0.5) is 91.0 Å². The Morgan fingerprint density at radius 3 is 1.20 bits per heavy atom. The van der Waals surface area contributed by atoms with Gasteiger partial charge in [-0.25, -0.2) is 0 Å². The van der Waals surface area contributed by atoms with Crippen molar-refractivity contribution in [1.82, 2.24) is 0 Å². The summed E-state index contributed by atoms with van der Waals surface area (Å²) in [6.07, 6.45) is 0. The Labute approximate surface area is 461 Å². The van der Waals surface area contributed by atoms with Crippen molar-refractivity contribution in [1.29, 1.82) is 0 Å². The lowest BCUT2D eigenvalue weighted by molar-refractivity contribution is 1.18. The highest BCUT2D eigenvalue weighted by atomic mass is 32.1. The first-order chi connectivity index (χ1) is 39.2. The van der Waals surface area contributed by atoms with Crippen molar-refractivity contribution < 1.29 is 0 Å². The van der Waals surface area contributed by atoms with Crippen LogP contribution in [0.25, 0.3) is 43.1 Å². The van der Waals surface area contributed by atoms with Crippen molar-refractivity contribution in [3.05, 3.63) is 243 Å². The van der Waals surface area contributed by atoms with E-state index in [1.165, 1.54) is 133 Å². The van der Waals surface area contributed by atoms with Crippen LogP contribution < -0.4 is 63.0 Å². The smallest absolute Gasteiger partial charge is 0.252 e. The summed E-state index contributed by atoms with van der Waals surface area (Å²) in [6.45, 7) is -0.169. The van der Waals surface area contributed by atoms with Gasteiger partial charge < -0.3 is 30.2 Å². The molecule has 0 saturated carbocycles. The van der Waals surface area contributed by atoms with Gasteiger partial charge in [0.1, 0.15) is 0 Å². The summed E-state index contributed by atoms with van der Waals surface area (Å²) >= 11 is 1.92. The van der Waals surface area contributed by atoms with Gasteiger partial charge in [-0.1, -0.05) is 182 Å². The summed E-state index contributed by atoms with van der Waals surface area (Å²) in [5, 5.41) is 7.91. The van der Waals surface area contributed by atoms with Gasteiger partial charge in [0, 0.05) is 22.7 Å². The molecule has 12 aromatic rings. The van der Waals surface area contributed by atoms with E-state index in [4.69, 9.17) is 0 Å². The first-order valence-corrected chi connectivity index (χ1v) is 28.1. The van der Waals surface area contributed by atoms with Gasteiger partial charge in [0.15, 0.2) is 0 Å². The molecule has 0 atom stereocenters. The summed E-state index contributed by atoms with van der Waals surface area (Å²) < 4.78 is 0. The van der Waals surface area contributed by atoms with Crippen molar-refractivity contribution in [2.24, 2.45) is 0 Å². The van der Waals surface area contributed by atoms with E-state index in [1.807, 2.05) is 11.3 Å². The average Bonchev–Trinajstić information content (AvgIpc) is 3.55. The molecule has 11 aromatic carbocycles. The molecule has 0 unspecified atom stereocenters. The van der Waals surface area contributed by atoms with E-state index in [9.17, 15) is 0 Å². The van der Waals surface area contributed by atoms with E-state index in [0.29, 0.717) is 0 Å². The fourth-order valence-corrected chi connectivity index (χ4v) is 15.9. The zero-order chi connectivity index (χ0) is 51.2. The van der Waals surface area contributed by atoms with Crippen LogP contribution in [-0.2, 0) is 0 Å². The summed E-state index contributed by atoms with van der Waals surface area (Å²) in [5.74, 6) is 0. The van der Waals surface area contributed by atoms with E-state index in [0.717, 1.165) is 34.1 Å². The summed E-state index contributed by atoms with van der Waals surface area (Å²) in [7, 11) is 0. The zero-order valence-electron chi connectivity index (χ0n) is 42.4. The van der Waals surface area contributed by atoms with Crippen molar-refractivity contribution in [2.75, 3.05) is 30.2 Å². The molecular formula is C70H42B2N6S. The Hall–Kier alpha value is -9.95. The fraction of sp³-hybridized carbons (Fsp3) is 0. The van der Waals surface area contributed by atoms with Crippen LogP contribution in [0.1, 0.15) is 0 Å². The molecule has 2 N–H and O–H groups in total. The lowest BCUT2D eigenvalue weighted by Gasteiger charge is -2.53. The van der Waals surface area contributed by atoms with Gasteiger partial charge in [-0.05, 0) is 127 Å². The quantitative estimate of drug-likeness (QED) is 0.171. The minimum Gasteiger partial charge on any atom is -0.352 e. The molecule has 8 heterocycles. The van der Waals surface area contributed by atoms with Crippen molar-refractivity contribution in [3.8, 4) is 43.1 Å². The fourth-order valence-electron chi connectivity index (χ4n) is 14.6. The topological polar surface area (TPSA) is 37.0 Å². The molecule has 9 heteroatoms. The molecule has 6 nitrogen and oxygen atoms in total. The van der Waals surface area contributed by atoms with Crippen LogP contribution in [-0.4, -0.2) is 13.4 Å². The van der Waals surface area contributed by atoms with E-state index in [1.54, 1.807) is 0 Å². The number of nitrogens with zero attached hydrogens (tertiary/aromatic N) is 4. The average molecular weight is 1020 g/mol. The van der Waals surface area contributed by atoms with E-state index < -0.39 is 0 Å². The number of benzene rings is 11. The molecule has 0 spiro atoms. The molecule has 19 rings (SSSR count). The summed E-state index contributed by atoms with van der Waals surface area (Å²) in [6, 6.07) is 90.8. The van der Waals surface area contributed by atoms with Crippen molar-refractivity contribution in [3.63, 3.8) is 0 Å². The number of nitrogens with one attached hydrogen (secondary N) is 2. The lowest BCUT2D eigenvalue weighted by atomic mass is 9.30. The van der Waals surface area contributed by atoms with Crippen LogP contribution in [0, 0.1) is 0 Å². The zero-order valence-corrected chi connectivity index (χ0v) is 43.3. The Bertz CT molecular complexity index is 4660. The Morgan fingerprint density at radius 2 is 0.671 bits per heavy atom. The minimum absolute atomic E-state index is 0.0788. The Morgan fingerprint density at radius 1 is 0.253 bits per heavy atom. The standard InChI is InChI=1S/C70H42B2N6S/c1-5-17-41(18-6-1)45-30-36-55-50(39-45)72-49-33-32-48-63-64(49)78(59-38-34-53-65(62(59)72)75(55)56-27-15-13-25-51(56)73-53)68-67(69(43-21-9-3-10-22-43)79-70(68)44-23-11-4-12-24-44)77(63)58-37-35-54-66-61(58)71(48)47-31-29-46(42-19-7-2-8-20-42)40-60(47)76(66)57-28-16-14-26-52(57)74-54/h1-40,73-74H. The third kappa shape index (κ3) is 5.47. The van der Waals surface area contributed by atoms with Gasteiger partial charge in [0.2, 0.25) is 0 Å². The van der Waals surface area contributed by atoms with E-state index in [-0.39, 0.29) is 13.4 Å². The molecule has 0 fully saturated rings. The maximum atomic E-state index is 3.96. The molecule has 0 saturated heterocycles. The number of thiophene rings is 1. The molecule has 79 heavy (non-hydrogen) atoms. The van der Waals surface area contributed by atoms with Gasteiger partial charge in [-0.15, -0.1) is 11.3 Å². The van der Waals surface area contributed by atoms with Crippen LogP contribution in [0.15, 0.2) is 243 Å². The van der Waals surface area contributed by atoms with Gasteiger partial charge in [-0.3, -0.25) is 0 Å². The molecular weight excluding hydrogens is 979 g/mol. The van der Waals surface area contributed by atoms with Gasteiger partial charge in [0.05, 0.1) is 78.0 Å². The number of hydrogen-bond donors (Lipinski definition) is 2. The molecule has 0 bridgehead atoms. The molecule has 364 valence electrons. The van der Waals surface area contributed by atoms with Crippen LogP contribution in [0.2, 0.25) is 0 Å². The second-order valence-corrected chi connectivity index (χ2v) is 22.7. The number of fused-ring (bicyclic) bond motifs is 17. The second kappa shape index (κ2) is 15.4. The Balaban J connectivity index is 0.960. The normalized spacial score (nSPS) is 14.1. The van der Waals surface area contributed by atoms with E-state index in [2.05, 4.69) is 273 Å². The predicted molar refractivity (Wildman–Crippen MR) is 334 cm³/mol.